The third-order valence-electron chi connectivity index (χ3n) is 3.33. The second-order valence-corrected chi connectivity index (χ2v) is 4.83. The van der Waals surface area contributed by atoms with Crippen molar-refractivity contribution in [2.24, 2.45) is 4.99 Å². The number of ether oxygens (including phenoxy) is 1. The van der Waals surface area contributed by atoms with Crippen molar-refractivity contribution in [3.63, 3.8) is 0 Å². The van der Waals surface area contributed by atoms with Gasteiger partial charge in [0.05, 0.1) is 4.92 Å². The van der Waals surface area contributed by atoms with Gasteiger partial charge in [0.1, 0.15) is 12.4 Å². The number of hydrogen-bond acceptors (Lipinski definition) is 4. The van der Waals surface area contributed by atoms with Crippen LogP contribution in [-0.4, -0.2) is 34.8 Å². The average molecular weight is 291 g/mol. The summed E-state index contributed by atoms with van der Waals surface area (Å²) in [6, 6.07) is 5.87. The molecule has 1 saturated heterocycles. The first-order valence-corrected chi connectivity index (χ1v) is 6.76. The number of likely N-dealkylation sites (tertiary alicyclic amines) is 1. The third kappa shape index (κ3) is 4.27. The Morgan fingerprint density at radius 3 is 2.52 bits per heavy atom. The van der Waals surface area contributed by atoms with Crippen LogP contribution in [0.1, 0.15) is 25.3 Å². The smallest absolute Gasteiger partial charge is 0.435 e. The largest absolute Gasteiger partial charge is 0.443 e. The lowest BCUT2D eigenvalue weighted by molar-refractivity contribution is -0.384. The van der Waals surface area contributed by atoms with Crippen LogP contribution >= 0.6 is 0 Å². The standard InChI is InChI=1S/C14H17N3O4/c1-11(16-8-2-3-9-16)15-14(18)21-10-12-4-6-13(7-5-12)17(19)20/h4-7H,2-3,8-10H2,1H3. The molecule has 0 saturated carbocycles. The number of nitro benzene ring substituents is 1. The fraction of sp³-hybridized carbons (Fsp3) is 0.429. The van der Waals surface area contributed by atoms with Gasteiger partial charge < -0.3 is 9.64 Å². The van der Waals surface area contributed by atoms with Crippen LogP contribution in [0.3, 0.4) is 0 Å². The summed E-state index contributed by atoms with van der Waals surface area (Å²) >= 11 is 0. The monoisotopic (exact) mass is 291 g/mol. The van der Waals surface area contributed by atoms with E-state index >= 15 is 0 Å². The quantitative estimate of drug-likeness (QED) is 0.370. The van der Waals surface area contributed by atoms with Crippen molar-refractivity contribution in [2.45, 2.75) is 26.4 Å². The van der Waals surface area contributed by atoms with Crippen molar-refractivity contribution in [2.75, 3.05) is 13.1 Å². The van der Waals surface area contributed by atoms with Crippen LogP contribution in [0.2, 0.25) is 0 Å². The molecule has 0 aliphatic carbocycles. The molecule has 1 aromatic rings. The Morgan fingerprint density at radius 1 is 1.33 bits per heavy atom. The zero-order chi connectivity index (χ0) is 15.2. The van der Waals surface area contributed by atoms with Gasteiger partial charge in [-0.2, -0.15) is 4.99 Å². The molecule has 0 aromatic heterocycles. The molecule has 0 bridgehead atoms. The zero-order valence-corrected chi connectivity index (χ0v) is 11.8. The SMILES string of the molecule is CC(=NC(=O)OCc1ccc([N+](=O)[O-])cc1)N1CCCC1. The summed E-state index contributed by atoms with van der Waals surface area (Å²) in [4.78, 5) is 27.6. The highest BCUT2D eigenvalue weighted by Gasteiger charge is 2.14. The number of amides is 1. The van der Waals surface area contributed by atoms with E-state index in [1.165, 1.54) is 12.1 Å². The number of nitro groups is 1. The number of rotatable bonds is 3. The number of aliphatic imine (C=N–C) groups is 1. The van der Waals surface area contributed by atoms with Gasteiger partial charge in [-0.1, -0.05) is 0 Å². The van der Waals surface area contributed by atoms with Crippen LogP contribution in [0.25, 0.3) is 0 Å². The molecule has 0 spiro atoms. The van der Waals surface area contributed by atoms with Gasteiger partial charge in [0.25, 0.3) is 5.69 Å². The third-order valence-corrected chi connectivity index (χ3v) is 3.33. The molecule has 0 atom stereocenters. The van der Waals surface area contributed by atoms with Crippen molar-refractivity contribution in [1.82, 2.24) is 4.90 Å². The van der Waals surface area contributed by atoms with Crippen molar-refractivity contribution in [1.29, 1.82) is 0 Å². The molecule has 1 fully saturated rings. The van der Waals surface area contributed by atoms with E-state index in [4.69, 9.17) is 4.74 Å². The molecular weight excluding hydrogens is 274 g/mol. The molecule has 7 heteroatoms. The minimum absolute atomic E-state index is 0.00738. The highest BCUT2D eigenvalue weighted by molar-refractivity contribution is 5.90. The number of carbonyl (C=O) groups is 1. The minimum atomic E-state index is -0.641. The molecule has 1 heterocycles. The minimum Gasteiger partial charge on any atom is -0.443 e. The molecule has 1 aromatic carbocycles. The summed E-state index contributed by atoms with van der Waals surface area (Å²) in [6.07, 6.45) is 1.59. The van der Waals surface area contributed by atoms with Crippen molar-refractivity contribution in [3.05, 3.63) is 39.9 Å². The van der Waals surface area contributed by atoms with Gasteiger partial charge in [-0.05, 0) is 37.5 Å². The van der Waals surface area contributed by atoms with E-state index in [-0.39, 0.29) is 12.3 Å². The van der Waals surface area contributed by atoms with Gasteiger partial charge in [0.15, 0.2) is 0 Å². The molecule has 1 aliphatic heterocycles. The van der Waals surface area contributed by atoms with Crippen LogP contribution in [0.15, 0.2) is 29.3 Å². The van der Waals surface area contributed by atoms with E-state index in [2.05, 4.69) is 4.99 Å². The van der Waals surface area contributed by atoms with Crippen LogP contribution in [0.4, 0.5) is 10.5 Å². The first kappa shape index (κ1) is 15.0. The maximum Gasteiger partial charge on any atom is 0.435 e. The summed E-state index contributed by atoms with van der Waals surface area (Å²) in [6.45, 7) is 3.68. The molecule has 7 nitrogen and oxygen atoms in total. The van der Waals surface area contributed by atoms with Gasteiger partial charge in [-0.3, -0.25) is 10.1 Å². The first-order chi connectivity index (χ1) is 10.1. The van der Waals surface area contributed by atoms with E-state index in [1.54, 1.807) is 19.1 Å². The maximum atomic E-state index is 11.6. The number of non-ortho nitro benzene ring substituents is 1. The van der Waals surface area contributed by atoms with Gasteiger partial charge in [0.2, 0.25) is 0 Å². The van der Waals surface area contributed by atoms with Crippen LogP contribution in [0.5, 0.6) is 0 Å². The van der Waals surface area contributed by atoms with E-state index in [0.717, 1.165) is 25.9 Å². The van der Waals surface area contributed by atoms with E-state index in [9.17, 15) is 14.9 Å². The summed E-state index contributed by atoms with van der Waals surface area (Å²) in [7, 11) is 0. The number of amidine groups is 1. The second kappa shape index (κ2) is 6.83. The topological polar surface area (TPSA) is 85.0 Å². The van der Waals surface area contributed by atoms with Crippen molar-refractivity contribution < 1.29 is 14.5 Å². The Hall–Kier alpha value is -2.44. The predicted molar refractivity (Wildman–Crippen MR) is 77.2 cm³/mol. The molecule has 1 amide bonds. The Labute approximate surface area is 122 Å². The van der Waals surface area contributed by atoms with Gasteiger partial charge in [-0.15, -0.1) is 0 Å². The zero-order valence-electron chi connectivity index (χ0n) is 11.8. The Kier molecular flexibility index (Phi) is 4.86. The normalized spacial score (nSPS) is 15.1. The highest BCUT2D eigenvalue weighted by Crippen LogP contribution is 2.13. The van der Waals surface area contributed by atoms with E-state index in [1.807, 2.05) is 4.90 Å². The number of benzene rings is 1. The predicted octanol–water partition coefficient (Wildman–Crippen LogP) is 2.75. The van der Waals surface area contributed by atoms with Crippen LogP contribution in [0, 0.1) is 10.1 Å². The van der Waals surface area contributed by atoms with E-state index in [0.29, 0.717) is 11.4 Å². The maximum absolute atomic E-state index is 11.6. The molecule has 1 aliphatic rings. The fourth-order valence-electron chi connectivity index (χ4n) is 2.13. The van der Waals surface area contributed by atoms with Crippen molar-refractivity contribution in [3.8, 4) is 0 Å². The first-order valence-electron chi connectivity index (χ1n) is 6.76. The summed E-state index contributed by atoms with van der Waals surface area (Å²) < 4.78 is 5.04. The molecule has 0 N–H and O–H groups in total. The van der Waals surface area contributed by atoms with Crippen LogP contribution < -0.4 is 0 Å². The molecule has 0 unspecified atom stereocenters. The molecule has 0 radical (unpaired) electrons. The highest BCUT2D eigenvalue weighted by atomic mass is 16.6. The van der Waals surface area contributed by atoms with Gasteiger partial charge in [-0.25, -0.2) is 4.79 Å². The van der Waals surface area contributed by atoms with Gasteiger partial charge in [0, 0.05) is 25.2 Å². The number of hydrogen-bond donors (Lipinski definition) is 0. The lowest BCUT2D eigenvalue weighted by Crippen LogP contribution is -2.26. The molecule has 21 heavy (non-hydrogen) atoms. The molecule has 112 valence electrons. The number of nitrogens with zero attached hydrogens (tertiary/aromatic N) is 3. The average Bonchev–Trinajstić information content (AvgIpc) is 3.00. The second-order valence-electron chi connectivity index (χ2n) is 4.83. The summed E-state index contributed by atoms with van der Waals surface area (Å²) in [5.41, 5.74) is 0.691. The summed E-state index contributed by atoms with van der Waals surface area (Å²) in [5.74, 6) is 0.668. The Balaban J connectivity index is 1.85. The Bertz CT molecular complexity index is 548. The molecule has 2 rings (SSSR count). The lowest BCUT2D eigenvalue weighted by Gasteiger charge is -2.15. The summed E-state index contributed by atoms with van der Waals surface area (Å²) in [5, 5.41) is 10.5. The van der Waals surface area contributed by atoms with E-state index < -0.39 is 11.0 Å². The lowest BCUT2D eigenvalue weighted by atomic mass is 10.2. The molecular formula is C14H17N3O4. The van der Waals surface area contributed by atoms with Crippen LogP contribution in [-0.2, 0) is 11.3 Å². The fourth-order valence-corrected chi connectivity index (χ4v) is 2.13. The van der Waals surface area contributed by atoms with Crippen molar-refractivity contribution >= 4 is 17.6 Å². The van der Waals surface area contributed by atoms with Gasteiger partial charge >= 0.3 is 6.09 Å². The number of carbonyl (C=O) groups excluding carboxylic acids is 1. The Morgan fingerprint density at radius 2 is 1.95 bits per heavy atom.